The number of carbonyl (C=O) groups excluding carboxylic acids is 1. The summed E-state index contributed by atoms with van der Waals surface area (Å²) in [6.07, 6.45) is 5.35. The van der Waals surface area contributed by atoms with Crippen LogP contribution in [0, 0.1) is 5.92 Å². The van der Waals surface area contributed by atoms with Crippen LogP contribution in [0.1, 0.15) is 25.3 Å². The van der Waals surface area contributed by atoms with E-state index in [0.29, 0.717) is 13.2 Å². The minimum Gasteiger partial charge on any atom is -0.493 e. The molecule has 114 valence electrons. The molecule has 1 atom stereocenters. The summed E-state index contributed by atoms with van der Waals surface area (Å²) in [5, 5.41) is 9.22. The third kappa shape index (κ3) is 4.33. The molecule has 1 saturated heterocycles. The van der Waals surface area contributed by atoms with E-state index in [2.05, 4.69) is 0 Å². The van der Waals surface area contributed by atoms with Crippen molar-refractivity contribution >= 4 is 12.0 Å². The molecule has 0 radical (unpaired) electrons. The zero-order valence-corrected chi connectivity index (χ0v) is 12.5. The summed E-state index contributed by atoms with van der Waals surface area (Å²) in [5.74, 6) is 1.00. The molecular formula is C17H23NO3. The van der Waals surface area contributed by atoms with Crippen LogP contribution in [0.3, 0.4) is 0 Å². The molecular weight excluding hydrogens is 266 g/mol. The second-order valence-corrected chi connectivity index (χ2v) is 5.28. The van der Waals surface area contributed by atoms with Crippen LogP contribution < -0.4 is 4.74 Å². The van der Waals surface area contributed by atoms with Gasteiger partial charge >= 0.3 is 0 Å². The Labute approximate surface area is 126 Å². The number of benzene rings is 1. The Morgan fingerprint density at radius 3 is 3.05 bits per heavy atom. The Balaban J connectivity index is 2.01. The molecule has 1 heterocycles. The van der Waals surface area contributed by atoms with E-state index >= 15 is 0 Å². The number of nitrogens with zero attached hydrogens (tertiary/aromatic N) is 1. The topological polar surface area (TPSA) is 49.8 Å². The average Bonchev–Trinajstić information content (AvgIpc) is 2.54. The lowest BCUT2D eigenvalue weighted by atomic mass is 9.99. The zero-order valence-electron chi connectivity index (χ0n) is 12.5. The standard InChI is InChI=1S/C17H23NO3/c1-2-21-16-8-4-3-7-15(16)9-10-17(20)18-11-5-6-14(12-18)13-19/h3-4,7-10,14,19H,2,5-6,11-13H2,1H3/b10-9+. The maximum absolute atomic E-state index is 12.2. The lowest BCUT2D eigenvalue weighted by molar-refractivity contribution is -0.127. The highest BCUT2D eigenvalue weighted by Gasteiger charge is 2.21. The lowest BCUT2D eigenvalue weighted by Gasteiger charge is -2.31. The van der Waals surface area contributed by atoms with Crippen LogP contribution in [-0.2, 0) is 4.79 Å². The fraction of sp³-hybridized carbons (Fsp3) is 0.471. The number of rotatable bonds is 5. The Kier molecular flexibility index (Phi) is 5.81. The Bertz CT molecular complexity index is 499. The second-order valence-electron chi connectivity index (χ2n) is 5.28. The van der Waals surface area contributed by atoms with Gasteiger partial charge < -0.3 is 14.7 Å². The van der Waals surface area contributed by atoms with Gasteiger partial charge in [-0.3, -0.25) is 4.79 Å². The highest BCUT2D eigenvalue weighted by molar-refractivity contribution is 5.92. The van der Waals surface area contributed by atoms with Gasteiger partial charge in [-0.15, -0.1) is 0 Å². The molecule has 4 nitrogen and oxygen atoms in total. The number of aliphatic hydroxyl groups is 1. The molecule has 1 aliphatic heterocycles. The van der Waals surface area contributed by atoms with Gasteiger partial charge in [-0.2, -0.15) is 0 Å². The van der Waals surface area contributed by atoms with E-state index in [4.69, 9.17) is 4.74 Å². The second kappa shape index (κ2) is 7.84. The van der Waals surface area contributed by atoms with Crippen molar-refractivity contribution in [1.29, 1.82) is 0 Å². The van der Waals surface area contributed by atoms with Gasteiger partial charge in [-0.1, -0.05) is 18.2 Å². The van der Waals surface area contributed by atoms with Crippen molar-refractivity contribution in [3.63, 3.8) is 0 Å². The average molecular weight is 289 g/mol. The van der Waals surface area contributed by atoms with Crippen molar-refractivity contribution in [2.75, 3.05) is 26.3 Å². The Hall–Kier alpha value is -1.81. The summed E-state index contributed by atoms with van der Waals surface area (Å²) in [7, 11) is 0. The molecule has 1 fully saturated rings. The van der Waals surface area contributed by atoms with Crippen LogP contribution in [-0.4, -0.2) is 42.2 Å². The first kappa shape index (κ1) is 15.6. The van der Waals surface area contributed by atoms with Crippen LogP contribution in [0.15, 0.2) is 30.3 Å². The fourth-order valence-corrected chi connectivity index (χ4v) is 2.59. The first-order valence-corrected chi connectivity index (χ1v) is 7.54. The molecule has 2 rings (SSSR count). The van der Waals surface area contributed by atoms with Gasteiger partial charge in [0, 0.05) is 31.3 Å². The van der Waals surface area contributed by atoms with Crippen molar-refractivity contribution in [3.05, 3.63) is 35.9 Å². The number of para-hydroxylation sites is 1. The molecule has 1 N–H and O–H groups in total. The fourth-order valence-electron chi connectivity index (χ4n) is 2.59. The molecule has 1 aromatic carbocycles. The number of piperidine rings is 1. The normalized spacial score (nSPS) is 19.0. The Morgan fingerprint density at radius 2 is 2.29 bits per heavy atom. The molecule has 0 spiro atoms. The minimum atomic E-state index is -0.000508. The molecule has 4 heteroatoms. The van der Waals surface area contributed by atoms with E-state index in [1.165, 1.54) is 0 Å². The molecule has 1 aromatic rings. The molecule has 1 unspecified atom stereocenters. The highest BCUT2D eigenvalue weighted by Crippen LogP contribution is 2.20. The number of hydrogen-bond donors (Lipinski definition) is 1. The number of hydrogen-bond acceptors (Lipinski definition) is 3. The van der Waals surface area contributed by atoms with Gasteiger partial charge in [0.2, 0.25) is 5.91 Å². The van der Waals surface area contributed by atoms with Crippen LogP contribution in [0.25, 0.3) is 6.08 Å². The van der Waals surface area contributed by atoms with Crippen LogP contribution in [0.5, 0.6) is 5.75 Å². The summed E-state index contributed by atoms with van der Waals surface area (Å²) < 4.78 is 5.54. The van der Waals surface area contributed by atoms with Gasteiger partial charge in [-0.05, 0) is 37.8 Å². The van der Waals surface area contributed by atoms with Crippen molar-refractivity contribution in [2.45, 2.75) is 19.8 Å². The third-order valence-corrected chi connectivity index (χ3v) is 3.71. The highest BCUT2D eigenvalue weighted by atomic mass is 16.5. The van der Waals surface area contributed by atoms with Crippen molar-refractivity contribution < 1.29 is 14.6 Å². The summed E-state index contributed by atoms with van der Waals surface area (Å²) in [4.78, 5) is 14.0. The molecule has 1 amide bonds. The van der Waals surface area contributed by atoms with Crippen molar-refractivity contribution in [3.8, 4) is 5.75 Å². The summed E-state index contributed by atoms with van der Waals surface area (Å²) >= 11 is 0. The zero-order chi connectivity index (χ0) is 15.1. The number of likely N-dealkylation sites (tertiary alicyclic amines) is 1. The first-order valence-electron chi connectivity index (χ1n) is 7.54. The predicted molar refractivity (Wildman–Crippen MR) is 83.0 cm³/mol. The number of ether oxygens (including phenoxy) is 1. The van der Waals surface area contributed by atoms with Crippen LogP contribution in [0.4, 0.5) is 0 Å². The van der Waals surface area contributed by atoms with Crippen LogP contribution in [0.2, 0.25) is 0 Å². The predicted octanol–water partition coefficient (Wildman–Crippen LogP) is 2.33. The van der Waals surface area contributed by atoms with E-state index in [1.54, 1.807) is 12.2 Å². The lowest BCUT2D eigenvalue weighted by Crippen LogP contribution is -2.40. The van der Waals surface area contributed by atoms with E-state index in [9.17, 15) is 9.90 Å². The number of amides is 1. The van der Waals surface area contributed by atoms with Gasteiger partial charge in [0.25, 0.3) is 0 Å². The SMILES string of the molecule is CCOc1ccccc1/C=C/C(=O)N1CCCC(CO)C1. The quantitative estimate of drug-likeness (QED) is 0.846. The van der Waals surface area contributed by atoms with Gasteiger partial charge in [0.15, 0.2) is 0 Å². The maximum atomic E-state index is 12.2. The largest absolute Gasteiger partial charge is 0.493 e. The van der Waals surface area contributed by atoms with E-state index in [0.717, 1.165) is 30.7 Å². The van der Waals surface area contributed by atoms with Crippen LogP contribution >= 0.6 is 0 Å². The summed E-state index contributed by atoms with van der Waals surface area (Å²) in [6, 6.07) is 7.67. The maximum Gasteiger partial charge on any atom is 0.246 e. The van der Waals surface area contributed by atoms with Gasteiger partial charge in [0.1, 0.15) is 5.75 Å². The third-order valence-electron chi connectivity index (χ3n) is 3.71. The van der Waals surface area contributed by atoms with Gasteiger partial charge in [0.05, 0.1) is 6.61 Å². The van der Waals surface area contributed by atoms with Crippen molar-refractivity contribution in [1.82, 2.24) is 4.90 Å². The molecule has 1 aliphatic rings. The monoisotopic (exact) mass is 289 g/mol. The number of carbonyl (C=O) groups is 1. The van der Waals surface area contributed by atoms with E-state index in [-0.39, 0.29) is 18.4 Å². The molecule has 0 saturated carbocycles. The van der Waals surface area contributed by atoms with Crippen molar-refractivity contribution in [2.24, 2.45) is 5.92 Å². The van der Waals surface area contributed by atoms with E-state index < -0.39 is 0 Å². The summed E-state index contributed by atoms with van der Waals surface area (Å²) in [6.45, 7) is 4.11. The Morgan fingerprint density at radius 1 is 1.48 bits per heavy atom. The first-order chi connectivity index (χ1) is 10.2. The van der Waals surface area contributed by atoms with Gasteiger partial charge in [-0.25, -0.2) is 0 Å². The molecule has 0 aromatic heterocycles. The minimum absolute atomic E-state index is 0.000508. The summed E-state index contributed by atoms with van der Waals surface area (Å²) in [5.41, 5.74) is 0.906. The molecule has 0 bridgehead atoms. The smallest absolute Gasteiger partial charge is 0.246 e. The number of aliphatic hydroxyl groups excluding tert-OH is 1. The molecule has 0 aliphatic carbocycles. The van der Waals surface area contributed by atoms with E-state index in [1.807, 2.05) is 36.1 Å². The molecule has 21 heavy (non-hydrogen) atoms.